The molecule has 3 aliphatic rings. The first kappa shape index (κ1) is 20.0. The average molecular weight is 389 g/mol. The minimum absolute atomic E-state index is 0.00801. The highest BCUT2D eigenvalue weighted by molar-refractivity contribution is 5.72. The first-order chi connectivity index (χ1) is 13.7. The number of aliphatic imine (C=N–C) groups is 1. The minimum atomic E-state index is -0.585. The van der Waals surface area contributed by atoms with Crippen LogP contribution in [-0.2, 0) is 14.2 Å². The topological polar surface area (TPSA) is 78.1 Å². The summed E-state index contributed by atoms with van der Waals surface area (Å²) < 4.78 is 30.4. The van der Waals surface area contributed by atoms with Gasteiger partial charge in [0.25, 0.3) is 6.02 Å². The van der Waals surface area contributed by atoms with E-state index in [2.05, 4.69) is 23.0 Å². The SMILES string of the molecule is C=C/C(F)=C(\N=C(/N)OCCC1=CCCCC1)NCC1=CC2=C(CC1)OCO2. The van der Waals surface area contributed by atoms with Gasteiger partial charge in [0.15, 0.2) is 17.4 Å². The summed E-state index contributed by atoms with van der Waals surface area (Å²) in [4.78, 5) is 4.06. The molecule has 1 aliphatic heterocycles. The van der Waals surface area contributed by atoms with E-state index < -0.39 is 5.83 Å². The molecule has 0 amide bonds. The zero-order valence-corrected chi connectivity index (χ0v) is 16.1. The smallest absolute Gasteiger partial charge is 0.288 e. The van der Waals surface area contributed by atoms with Crippen LogP contribution >= 0.6 is 0 Å². The third kappa shape index (κ3) is 5.65. The Morgan fingerprint density at radius 3 is 2.96 bits per heavy atom. The molecule has 0 aromatic heterocycles. The molecule has 28 heavy (non-hydrogen) atoms. The van der Waals surface area contributed by atoms with Gasteiger partial charge in [-0.1, -0.05) is 18.2 Å². The fourth-order valence-corrected chi connectivity index (χ4v) is 3.34. The highest BCUT2D eigenvalue weighted by Gasteiger charge is 2.21. The van der Waals surface area contributed by atoms with E-state index in [1.165, 1.54) is 18.4 Å². The normalized spacial score (nSPS) is 20.2. The van der Waals surface area contributed by atoms with Crippen LogP contribution in [0.1, 0.15) is 44.9 Å². The van der Waals surface area contributed by atoms with Crippen LogP contribution in [0.2, 0.25) is 0 Å². The van der Waals surface area contributed by atoms with Gasteiger partial charge in [-0.05, 0) is 49.8 Å². The molecule has 6 nitrogen and oxygen atoms in total. The predicted octanol–water partition coefficient (Wildman–Crippen LogP) is 4.06. The Kier molecular flexibility index (Phi) is 7.17. The molecule has 0 bridgehead atoms. The Labute approximate surface area is 165 Å². The second-order valence-corrected chi connectivity index (χ2v) is 6.91. The van der Waals surface area contributed by atoms with E-state index >= 15 is 0 Å². The highest BCUT2D eigenvalue weighted by atomic mass is 19.1. The molecule has 3 N–H and O–H groups in total. The lowest BCUT2D eigenvalue weighted by atomic mass is 9.98. The summed E-state index contributed by atoms with van der Waals surface area (Å²) in [5, 5.41) is 2.98. The molecule has 0 radical (unpaired) electrons. The van der Waals surface area contributed by atoms with Crippen LogP contribution in [0.3, 0.4) is 0 Å². The monoisotopic (exact) mass is 389 g/mol. The number of hydrogen-bond donors (Lipinski definition) is 2. The fourth-order valence-electron chi connectivity index (χ4n) is 3.34. The second-order valence-electron chi connectivity index (χ2n) is 6.91. The van der Waals surface area contributed by atoms with Crippen molar-refractivity contribution in [3.8, 4) is 0 Å². The van der Waals surface area contributed by atoms with Crippen molar-refractivity contribution in [2.45, 2.75) is 44.9 Å². The van der Waals surface area contributed by atoms with Gasteiger partial charge >= 0.3 is 0 Å². The number of nitrogens with zero attached hydrogens (tertiary/aromatic N) is 1. The number of allylic oxidation sites excluding steroid dienone is 5. The van der Waals surface area contributed by atoms with Crippen LogP contribution in [0.25, 0.3) is 0 Å². The maximum absolute atomic E-state index is 14.1. The van der Waals surface area contributed by atoms with Crippen LogP contribution in [0.4, 0.5) is 4.39 Å². The summed E-state index contributed by atoms with van der Waals surface area (Å²) in [5.74, 6) is 1.05. The fraction of sp³-hybridized carbons (Fsp3) is 0.476. The third-order valence-corrected chi connectivity index (χ3v) is 4.90. The molecule has 0 saturated carbocycles. The van der Waals surface area contributed by atoms with Crippen molar-refractivity contribution in [3.05, 3.63) is 59.1 Å². The van der Waals surface area contributed by atoms with Crippen LogP contribution in [0.15, 0.2) is 64.1 Å². The van der Waals surface area contributed by atoms with Crippen LogP contribution < -0.4 is 11.1 Å². The largest absolute Gasteiger partial charge is 0.465 e. The van der Waals surface area contributed by atoms with E-state index in [1.54, 1.807) is 0 Å². The van der Waals surface area contributed by atoms with Gasteiger partial charge in [0.1, 0.15) is 5.76 Å². The van der Waals surface area contributed by atoms with Crippen molar-refractivity contribution in [3.63, 3.8) is 0 Å². The summed E-state index contributed by atoms with van der Waals surface area (Å²) >= 11 is 0. The number of hydrogen-bond acceptors (Lipinski definition) is 5. The van der Waals surface area contributed by atoms with E-state index in [0.29, 0.717) is 13.2 Å². The number of amidine groups is 1. The molecule has 0 spiro atoms. The number of ether oxygens (including phenoxy) is 3. The first-order valence-corrected chi connectivity index (χ1v) is 9.75. The lowest BCUT2D eigenvalue weighted by Gasteiger charge is -2.15. The van der Waals surface area contributed by atoms with E-state index in [9.17, 15) is 4.39 Å². The minimum Gasteiger partial charge on any atom is -0.465 e. The summed E-state index contributed by atoms with van der Waals surface area (Å²) in [6.07, 6.45) is 12.4. The molecule has 3 rings (SSSR count). The zero-order chi connectivity index (χ0) is 19.8. The molecule has 0 fully saturated rings. The molecule has 7 heteroatoms. The summed E-state index contributed by atoms with van der Waals surface area (Å²) in [7, 11) is 0. The Hall–Kier alpha value is -2.70. The third-order valence-electron chi connectivity index (χ3n) is 4.90. The Balaban J connectivity index is 1.53. The molecule has 152 valence electrons. The molecule has 1 heterocycles. The van der Waals surface area contributed by atoms with Gasteiger partial charge in [0.2, 0.25) is 6.79 Å². The maximum atomic E-state index is 14.1. The predicted molar refractivity (Wildman–Crippen MR) is 106 cm³/mol. The molecule has 0 aromatic rings. The van der Waals surface area contributed by atoms with Gasteiger partial charge in [-0.3, -0.25) is 0 Å². The quantitative estimate of drug-likeness (QED) is 0.283. The Morgan fingerprint density at radius 1 is 1.29 bits per heavy atom. The molecule has 0 aromatic carbocycles. The Morgan fingerprint density at radius 2 is 2.18 bits per heavy atom. The highest BCUT2D eigenvalue weighted by Crippen LogP contribution is 2.29. The molecule has 0 atom stereocenters. The lowest BCUT2D eigenvalue weighted by Crippen LogP contribution is -2.23. The molecule has 0 unspecified atom stereocenters. The van der Waals surface area contributed by atoms with Crippen molar-refractivity contribution in [1.29, 1.82) is 0 Å². The van der Waals surface area contributed by atoms with E-state index in [4.69, 9.17) is 19.9 Å². The first-order valence-electron chi connectivity index (χ1n) is 9.75. The van der Waals surface area contributed by atoms with E-state index in [-0.39, 0.29) is 18.6 Å². The average Bonchev–Trinajstić information content (AvgIpc) is 3.19. The van der Waals surface area contributed by atoms with Gasteiger partial charge in [-0.25, -0.2) is 4.39 Å². The van der Waals surface area contributed by atoms with Gasteiger partial charge in [0.05, 0.1) is 6.61 Å². The molecular weight excluding hydrogens is 361 g/mol. The van der Waals surface area contributed by atoms with Crippen molar-refractivity contribution >= 4 is 6.02 Å². The summed E-state index contributed by atoms with van der Waals surface area (Å²) in [6, 6.07) is -0.0638. The summed E-state index contributed by atoms with van der Waals surface area (Å²) in [6.45, 7) is 4.57. The van der Waals surface area contributed by atoms with Crippen molar-refractivity contribution in [2.24, 2.45) is 10.7 Å². The van der Waals surface area contributed by atoms with Crippen molar-refractivity contribution < 1.29 is 18.6 Å². The van der Waals surface area contributed by atoms with Gasteiger partial charge in [0, 0.05) is 19.4 Å². The number of nitrogens with one attached hydrogen (secondary N) is 1. The second kappa shape index (κ2) is 10.0. The Bertz CT molecular complexity index is 750. The van der Waals surface area contributed by atoms with Crippen LogP contribution in [0.5, 0.6) is 0 Å². The molecule has 0 saturated heterocycles. The van der Waals surface area contributed by atoms with Crippen molar-refractivity contribution in [1.82, 2.24) is 5.32 Å². The molecule has 2 aliphatic carbocycles. The maximum Gasteiger partial charge on any atom is 0.288 e. The van der Waals surface area contributed by atoms with Crippen LogP contribution in [0, 0.1) is 0 Å². The number of halogens is 1. The van der Waals surface area contributed by atoms with Crippen LogP contribution in [-0.4, -0.2) is 26.0 Å². The lowest BCUT2D eigenvalue weighted by molar-refractivity contribution is 0.0729. The zero-order valence-electron chi connectivity index (χ0n) is 16.1. The van der Waals surface area contributed by atoms with E-state index in [0.717, 1.165) is 55.3 Å². The number of nitrogens with two attached hydrogens (primary N) is 1. The van der Waals surface area contributed by atoms with E-state index in [1.807, 2.05) is 6.08 Å². The van der Waals surface area contributed by atoms with Gasteiger partial charge in [-0.15, -0.1) is 0 Å². The molecular formula is C21H28FN3O3. The standard InChI is InChI=1S/C21H28FN3O3/c1-2-17(22)20(24-13-16-8-9-18-19(12-16)28-14-27-18)25-21(23)26-11-10-15-6-4-3-5-7-15/h2,6,12,24H,1,3-5,7-11,13-14H2,(H2,23,25)/b20-17+. The summed E-state index contributed by atoms with van der Waals surface area (Å²) in [5.41, 5.74) is 8.29. The van der Waals surface area contributed by atoms with Crippen molar-refractivity contribution in [2.75, 3.05) is 19.9 Å². The van der Waals surface area contributed by atoms with Gasteiger partial charge in [-0.2, -0.15) is 4.99 Å². The van der Waals surface area contributed by atoms with Gasteiger partial charge < -0.3 is 25.3 Å². The number of rotatable bonds is 8.